The van der Waals surface area contributed by atoms with Gasteiger partial charge in [-0.05, 0) is 24.8 Å². The maximum Gasteiger partial charge on any atom is 0.137 e. The summed E-state index contributed by atoms with van der Waals surface area (Å²) in [5, 5.41) is 20.0. The molecule has 2 aromatic rings. The summed E-state index contributed by atoms with van der Waals surface area (Å²) in [6.45, 7) is 3.84. The van der Waals surface area contributed by atoms with Crippen molar-refractivity contribution in [1.29, 1.82) is 0 Å². The molecule has 1 N–H and O–H groups in total. The van der Waals surface area contributed by atoms with Crippen LogP contribution in [0.4, 0.5) is 8.78 Å². The Morgan fingerprint density at radius 1 is 1.42 bits per heavy atom. The summed E-state index contributed by atoms with van der Waals surface area (Å²) in [7, 11) is 1.44. The molecule has 3 rings (SSSR count). The van der Waals surface area contributed by atoms with Crippen molar-refractivity contribution in [2.75, 3.05) is 7.11 Å². The third-order valence-corrected chi connectivity index (χ3v) is 5.00. The summed E-state index contributed by atoms with van der Waals surface area (Å²) in [5.74, 6) is -1.53. The largest absolute Gasteiger partial charge is 0.399 e. The van der Waals surface area contributed by atoms with Gasteiger partial charge in [0.15, 0.2) is 0 Å². The molecular weight excluding hydrogens is 342 g/mol. The molecule has 0 aliphatic heterocycles. The number of aromatic nitrogens is 3. The van der Waals surface area contributed by atoms with Gasteiger partial charge >= 0.3 is 0 Å². The summed E-state index contributed by atoms with van der Waals surface area (Å²) < 4.78 is 29.5. The molecule has 1 aliphatic carbocycles. The number of benzene rings is 1. The van der Waals surface area contributed by atoms with Gasteiger partial charge in [0, 0.05) is 17.0 Å². The van der Waals surface area contributed by atoms with Crippen LogP contribution in [0, 0.1) is 23.0 Å². The Labute approximate surface area is 150 Å². The summed E-state index contributed by atoms with van der Waals surface area (Å²) in [4.78, 5) is 8.88. The first kappa shape index (κ1) is 18.4. The van der Waals surface area contributed by atoms with E-state index >= 15 is 0 Å². The Morgan fingerprint density at radius 2 is 2.15 bits per heavy atom. The fourth-order valence-electron chi connectivity index (χ4n) is 3.72. The number of hydrogen-bond acceptors (Lipinski definition) is 5. The van der Waals surface area contributed by atoms with E-state index in [4.69, 9.17) is 4.84 Å². The maximum absolute atomic E-state index is 14.7. The van der Waals surface area contributed by atoms with E-state index in [1.165, 1.54) is 30.5 Å². The van der Waals surface area contributed by atoms with Gasteiger partial charge in [0.05, 0.1) is 12.3 Å². The highest BCUT2D eigenvalue weighted by Gasteiger charge is 2.64. The standard InChI is InChI=1S/C18H22F2N4O2/c1-12(2)16(23-26-3)17(6-7-17)18(25,9-24-11-21-10-22-24)14-5-4-13(19)8-15(14)20/h4-5,8,10-12,25H,6-7,9H2,1-3H3/b23-16+. The lowest BCUT2D eigenvalue weighted by Crippen LogP contribution is -2.47. The van der Waals surface area contributed by atoms with Gasteiger partial charge in [-0.2, -0.15) is 5.10 Å². The molecule has 1 fully saturated rings. The van der Waals surface area contributed by atoms with Crippen molar-refractivity contribution in [2.45, 2.75) is 38.8 Å². The lowest BCUT2D eigenvalue weighted by Gasteiger charge is -2.38. The van der Waals surface area contributed by atoms with Crippen molar-refractivity contribution < 1.29 is 18.7 Å². The van der Waals surface area contributed by atoms with Crippen molar-refractivity contribution in [3.8, 4) is 0 Å². The Bertz CT molecular complexity index is 804. The van der Waals surface area contributed by atoms with Crippen molar-refractivity contribution in [1.82, 2.24) is 14.8 Å². The molecule has 8 heteroatoms. The number of rotatable bonds is 7. The highest BCUT2D eigenvalue weighted by atomic mass is 19.1. The van der Waals surface area contributed by atoms with Crippen LogP contribution in [0.1, 0.15) is 32.3 Å². The van der Waals surface area contributed by atoms with Gasteiger partial charge in [0.1, 0.15) is 37.0 Å². The first-order valence-electron chi connectivity index (χ1n) is 8.46. The minimum absolute atomic E-state index is 0.0105. The van der Waals surface area contributed by atoms with Crippen LogP contribution in [0.25, 0.3) is 0 Å². The zero-order valence-corrected chi connectivity index (χ0v) is 15.0. The number of nitrogens with zero attached hydrogens (tertiary/aromatic N) is 4. The topological polar surface area (TPSA) is 72.5 Å². The van der Waals surface area contributed by atoms with Gasteiger partial charge in [-0.25, -0.2) is 18.4 Å². The molecule has 0 spiro atoms. The molecule has 6 nitrogen and oxygen atoms in total. The summed E-state index contributed by atoms with van der Waals surface area (Å²) in [6, 6.07) is 3.20. The summed E-state index contributed by atoms with van der Waals surface area (Å²) in [6.07, 6.45) is 4.00. The zero-order chi connectivity index (χ0) is 18.9. The lowest BCUT2D eigenvalue weighted by atomic mass is 9.72. The van der Waals surface area contributed by atoms with Crippen LogP contribution in [-0.2, 0) is 17.0 Å². The predicted molar refractivity (Wildman–Crippen MR) is 91.2 cm³/mol. The van der Waals surface area contributed by atoms with E-state index in [-0.39, 0.29) is 18.0 Å². The average Bonchev–Trinajstić information content (AvgIpc) is 3.23. The van der Waals surface area contributed by atoms with Crippen LogP contribution >= 0.6 is 0 Å². The Balaban J connectivity index is 2.16. The molecule has 0 amide bonds. The van der Waals surface area contributed by atoms with Crippen LogP contribution in [0.3, 0.4) is 0 Å². The fraction of sp³-hybridized carbons (Fsp3) is 0.500. The predicted octanol–water partition coefficient (Wildman–Crippen LogP) is 2.88. The molecule has 1 heterocycles. The maximum atomic E-state index is 14.7. The van der Waals surface area contributed by atoms with Crippen LogP contribution < -0.4 is 0 Å². The zero-order valence-electron chi connectivity index (χ0n) is 15.0. The highest BCUT2D eigenvalue weighted by Crippen LogP contribution is 2.61. The number of halogens is 2. The van der Waals surface area contributed by atoms with E-state index in [0.29, 0.717) is 18.6 Å². The Hall–Kier alpha value is -2.35. The number of oxime groups is 1. The molecule has 1 unspecified atom stereocenters. The fourth-order valence-corrected chi connectivity index (χ4v) is 3.72. The summed E-state index contributed by atoms with van der Waals surface area (Å²) in [5.41, 5.74) is -1.84. The van der Waals surface area contributed by atoms with Gasteiger partial charge in [-0.3, -0.25) is 0 Å². The van der Waals surface area contributed by atoms with Gasteiger partial charge in [-0.1, -0.05) is 25.1 Å². The van der Waals surface area contributed by atoms with Crippen molar-refractivity contribution in [3.63, 3.8) is 0 Å². The second-order valence-corrected chi connectivity index (χ2v) is 6.97. The molecule has 1 aromatic heterocycles. The van der Waals surface area contributed by atoms with E-state index in [2.05, 4.69) is 15.2 Å². The highest BCUT2D eigenvalue weighted by molar-refractivity contribution is 5.95. The van der Waals surface area contributed by atoms with Crippen LogP contribution in [0.2, 0.25) is 0 Å². The monoisotopic (exact) mass is 364 g/mol. The van der Waals surface area contributed by atoms with Gasteiger partial charge in [0.2, 0.25) is 0 Å². The smallest absolute Gasteiger partial charge is 0.137 e. The Morgan fingerprint density at radius 3 is 2.65 bits per heavy atom. The van der Waals surface area contributed by atoms with Crippen molar-refractivity contribution in [3.05, 3.63) is 48.1 Å². The molecule has 1 aliphatic rings. The van der Waals surface area contributed by atoms with Crippen molar-refractivity contribution >= 4 is 5.71 Å². The number of aliphatic hydroxyl groups is 1. The Kier molecular flexibility index (Phi) is 4.79. The van der Waals surface area contributed by atoms with E-state index in [1.54, 1.807) is 0 Å². The minimum Gasteiger partial charge on any atom is -0.399 e. The third-order valence-electron chi connectivity index (χ3n) is 5.00. The van der Waals surface area contributed by atoms with Gasteiger partial charge in [0.25, 0.3) is 0 Å². The normalized spacial score (nSPS) is 18.7. The first-order valence-corrected chi connectivity index (χ1v) is 8.46. The third kappa shape index (κ3) is 2.98. The van der Waals surface area contributed by atoms with Gasteiger partial charge < -0.3 is 9.94 Å². The van der Waals surface area contributed by atoms with Crippen LogP contribution in [-0.4, -0.2) is 32.7 Å². The van der Waals surface area contributed by atoms with E-state index < -0.39 is 22.7 Å². The SMILES string of the molecule is CO/N=C(\C(C)C)C1(C(O)(Cn2cncn2)c2ccc(F)cc2F)CC1. The summed E-state index contributed by atoms with van der Waals surface area (Å²) >= 11 is 0. The molecular formula is C18H22F2N4O2. The molecule has 0 radical (unpaired) electrons. The van der Waals surface area contributed by atoms with E-state index in [0.717, 1.165) is 12.1 Å². The second kappa shape index (κ2) is 6.75. The molecule has 1 saturated carbocycles. The molecule has 140 valence electrons. The first-order chi connectivity index (χ1) is 12.3. The lowest BCUT2D eigenvalue weighted by molar-refractivity contribution is -0.0353. The molecule has 1 atom stereocenters. The van der Waals surface area contributed by atoms with Gasteiger partial charge in [-0.15, -0.1) is 0 Å². The average molecular weight is 364 g/mol. The van der Waals surface area contributed by atoms with Crippen molar-refractivity contribution in [2.24, 2.45) is 16.5 Å². The molecule has 1 aromatic carbocycles. The van der Waals surface area contributed by atoms with E-state index in [1.807, 2.05) is 13.8 Å². The number of hydrogen-bond donors (Lipinski definition) is 1. The van der Waals surface area contributed by atoms with Crippen LogP contribution in [0.5, 0.6) is 0 Å². The quantitative estimate of drug-likeness (QED) is 0.606. The van der Waals surface area contributed by atoms with Crippen LogP contribution in [0.15, 0.2) is 36.0 Å². The molecule has 26 heavy (non-hydrogen) atoms. The second-order valence-electron chi connectivity index (χ2n) is 6.97. The molecule has 0 bridgehead atoms. The van der Waals surface area contributed by atoms with E-state index in [9.17, 15) is 13.9 Å². The minimum atomic E-state index is -1.68. The molecule has 0 saturated heterocycles.